The van der Waals surface area contributed by atoms with Crippen LogP contribution in [0.3, 0.4) is 0 Å². The number of anilines is 2. The van der Waals surface area contributed by atoms with Crippen molar-refractivity contribution in [3.8, 4) is 0 Å². The molecule has 0 fully saturated rings. The van der Waals surface area contributed by atoms with Gasteiger partial charge >= 0.3 is 5.69 Å². The number of hydrazine groups is 1. The molecule has 0 atom stereocenters. The Bertz CT molecular complexity index is 1380. The molecule has 0 aliphatic carbocycles. The Morgan fingerprint density at radius 3 is 1.92 bits per heavy atom. The number of carbonyl (C=O) groups excluding carboxylic acids is 1. The molecule has 4 aromatic rings. The average molecular weight is 499 g/mol. The third kappa shape index (κ3) is 6.00. The highest BCUT2D eigenvalue weighted by Crippen LogP contribution is 2.33. The standard InChI is InChI=1S/C25H21N7O5/c33-25(20-13-7-8-14-21(20)31(34)35)29-28-23-22(32(36)37)24(27-17-26-23)30(15-18-9-3-1-4-10-18)16-19-11-5-2-6-12-19/h1-14,17H,15-16H2,(H,29,33)(H,26,27,28). The molecule has 3 aromatic carbocycles. The van der Waals surface area contributed by atoms with Crippen molar-refractivity contribution in [1.82, 2.24) is 15.4 Å². The number of nitrogens with zero attached hydrogens (tertiary/aromatic N) is 5. The lowest BCUT2D eigenvalue weighted by molar-refractivity contribution is -0.385. The largest absolute Gasteiger partial charge is 0.355 e. The minimum absolute atomic E-state index is 0.0372. The number of benzene rings is 3. The van der Waals surface area contributed by atoms with Gasteiger partial charge in [-0.2, -0.15) is 0 Å². The Balaban J connectivity index is 1.66. The number of nitro groups is 2. The lowest BCUT2D eigenvalue weighted by atomic mass is 10.1. The van der Waals surface area contributed by atoms with Crippen molar-refractivity contribution in [2.75, 3.05) is 10.3 Å². The molecule has 0 unspecified atom stereocenters. The van der Waals surface area contributed by atoms with Gasteiger partial charge in [0.15, 0.2) is 0 Å². The Morgan fingerprint density at radius 2 is 1.35 bits per heavy atom. The summed E-state index contributed by atoms with van der Waals surface area (Å²) in [7, 11) is 0. The summed E-state index contributed by atoms with van der Waals surface area (Å²) in [5.74, 6) is -1.09. The smallest absolute Gasteiger partial charge is 0.342 e. The van der Waals surface area contributed by atoms with E-state index >= 15 is 0 Å². The summed E-state index contributed by atoms with van der Waals surface area (Å²) >= 11 is 0. The van der Waals surface area contributed by atoms with E-state index in [1.807, 2.05) is 60.7 Å². The van der Waals surface area contributed by atoms with Crippen LogP contribution < -0.4 is 15.8 Å². The highest BCUT2D eigenvalue weighted by molar-refractivity contribution is 5.98. The van der Waals surface area contributed by atoms with E-state index in [0.717, 1.165) is 17.5 Å². The van der Waals surface area contributed by atoms with Crippen molar-refractivity contribution in [3.63, 3.8) is 0 Å². The number of hydrogen-bond donors (Lipinski definition) is 2. The number of amides is 1. The van der Waals surface area contributed by atoms with Crippen LogP contribution in [-0.2, 0) is 13.1 Å². The fraction of sp³-hybridized carbons (Fsp3) is 0.0800. The zero-order chi connectivity index (χ0) is 26.2. The van der Waals surface area contributed by atoms with E-state index in [4.69, 9.17) is 0 Å². The van der Waals surface area contributed by atoms with Crippen molar-refractivity contribution in [2.45, 2.75) is 13.1 Å². The van der Waals surface area contributed by atoms with Crippen LogP contribution >= 0.6 is 0 Å². The summed E-state index contributed by atoms with van der Waals surface area (Å²) in [6.07, 6.45) is 1.14. The first-order valence-corrected chi connectivity index (χ1v) is 11.1. The van der Waals surface area contributed by atoms with E-state index in [9.17, 15) is 25.0 Å². The van der Waals surface area contributed by atoms with E-state index in [1.54, 1.807) is 4.90 Å². The molecule has 1 amide bonds. The van der Waals surface area contributed by atoms with E-state index in [-0.39, 0.29) is 17.2 Å². The van der Waals surface area contributed by atoms with Crippen molar-refractivity contribution in [2.24, 2.45) is 0 Å². The first kappa shape index (κ1) is 24.7. The maximum atomic E-state index is 12.6. The summed E-state index contributed by atoms with van der Waals surface area (Å²) in [6, 6.07) is 24.2. The fourth-order valence-electron chi connectivity index (χ4n) is 3.68. The highest BCUT2D eigenvalue weighted by atomic mass is 16.6. The van der Waals surface area contributed by atoms with Gasteiger partial charge < -0.3 is 4.90 Å². The molecular weight excluding hydrogens is 478 g/mol. The van der Waals surface area contributed by atoms with Crippen LogP contribution in [0.5, 0.6) is 0 Å². The third-order valence-electron chi connectivity index (χ3n) is 5.36. The maximum absolute atomic E-state index is 12.6. The predicted molar refractivity (Wildman–Crippen MR) is 136 cm³/mol. The van der Waals surface area contributed by atoms with E-state index in [2.05, 4.69) is 20.8 Å². The van der Waals surface area contributed by atoms with Crippen LogP contribution in [0.25, 0.3) is 0 Å². The van der Waals surface area contributed by atoms with Crippen molar-refractivity contribution in [1.29, 1.82) is 0 Å². The molecule has 0 bridgehead atoms. The van der Waals surface area contributed by atoms with Gasteiger partial charge in [-0.3, -0.25) is 35.9 Å². The van der Waals surface area contributed by atoms with Gasteiger partial charge in [-0.15, -0.1) is 0 Å². The second kappa shape index (κ2) is 11.4. The van der Waals surface area contributed by atoms with Crippen LogP contribution in [-0.4, -0.2) is 25.7 Å². The summed E-state index contributed by atoms with van der Waals surface area (Å²) in [5.41, 5.74) is 5.44. The molecule has 0 spiro atoms. The average Bonchev–Trinajstić information content (AvgIpc) is 2.92. The van der Waals surface area contributed by atoms with Crippen LogP contribution in [0.1, 0.15) is 21.5 Å². The van der Waals surface area contributed by atoms with Crippen molar-refractivity contribution < 1.29 is 14.6 Å². The SMILES string of the molecule is O=C(NNc1ncnc(N(Cc2ccccc2)Cc2ccccc2)c1[N+](=O)[O-])c1ccccc1[N+](=O)[O-]. The van der Waals surface area contributed by atoms with Gasteiger partial charge in [0.05, 0.1) is 9.85 Å². The van der Waals surface area contributed by atoms with Crippen molar-refractivity contribution in [3.05, 3.63) is 128 Å². The van der Waals surface area contributed by atoms with E-state index in [0.29, 0.717) is 13.1 Å². The molecule has 1 aromatic heterocycles. The first-order chi connectivity index (χ1) is 17.9. The van der Waals surface area contributed by atoms with Crippen LogP contribution in [0, 0.1) is 20.2 Å². The zero-order valence-corrected chi connectivity index (χ0v) is 19.4. The monoisotopic (exact) mass is 499 g/mol. The third-order valence-corrected chi connectivity index (χ3v) is 5.36. The fourth-order valence-corrected chi connectivity index (χ4v) is 3.68. The van der Waals surface area contributed by atoms with Gasteiger partial charge in [-0.1, -0.05) is 72.8 Å². The summed E-state index contributed by atoms with van der Waals surface area (Å²) in [6.45, 7) is 0.630. The lowest BCUT2D eigenvalue weighted by Gasteiger charge is -2.24. The Kier molecular flexibility index (Phi) is 7.59. The molecule has 0 aliphatic heterocycles. The number of hydrogen-bond acceptors (Lipinski definition) is 9. The second-order valence-electron chi connectivity index (χ2n) is 7.83. The van der Waals surface area contributed by atoms with Crippen LogP contribution in [0.4, 0.5) is 23.0 Å². The maximum Gasteiger partial charge on any atom is 0.355 e. The number of nitro benzene ring substituents is 1. The van der Waals surface area contributed by atoms with E-state index < -0.39 is 27.1 Å². The molecule has 0 saturated heterocycles. The zero-order valence-electron chi connectivity index (χ0n) is 19.4. The van der Waals surface area contributed by atoms with Gasteiger partial charge in [-0.05, 0) is 17.2 Å². The summed E-state index contributed by atoms with van der Waals surface area (Å²) < 4.78 is 0. The highest BCUT2D eigenvalue weighted by Gasteiger charge is 2.28. The molecule has 12 nitrogen and oxygen atoms in total. The molecule has 186 valence electrons. The minimum Gasteiger partial charge on any atom is -0.342 e. The number of rotatable bonds is 10. The molecule has 0 aliphatic rings. The van der Waals surface area contributed by atoms with Gasteiger partial charge in [0.2, 0.25) is 11.6 Å². The molecule has 0 radical (unpaired) electrons. The Morgan fingerprint density at radius 1 is 0.784 bits per heavy atom. The quantitative estimate of drug-likeness (QED) is 0.240. The molecule has 12 heteroatoms. The normalized spacial score (nSPS) is 10.4. The molecule has 37 heavy (non-hydrogen) atoms. The Labute approximate surface area is 210 Å². The predicted octanol–water partition coefficient (Wildman–Crippen LogP) is 4.26. The lowest BCUT2D eigenvalue weighted by Crippen LogP contribution is -2.31. The molecule has 0 saturated carbocycles. The van der Waals surface area contributed by atoms with Crippen LogP contribution in [0.15, 0.2) is 91.3 Å². The second-order valence-corrected chi connectivity index (χ2v) is 7.83. The number of para-hydroxylation sites is 1. The van der Waals surface area contributed by atoms with Gasteiger partial charge in [-0.25, -0.2) is 9.97 Å². The Hall–Kier alpha value is -5.39. The van der Waals surface area contributed by atoms with Gasteiger partial charge in [0, 0.05) is 19.2 Å². The number of aromatic nitrogens is 2. The topological polar surface area (TPSA) is 156 Å². The molecule has 1 heterocycles. The summed E-state index contributed by atoms with van der Waals surface area (Å²) in [4.78, 5) is 44.6. The van der Waals surface area contributed by atoms with Gasteiger partial charge in [0.25, 0.3) is 11.6 Å². The minimum atomic E-state index is -0.854. The van der Waals surface area contributed by atoms with Crippen LogP contribution in [0.2, 0.25) is 0 Å². The first-order valence-electron chi connectivity index (χ1n) is 11.1. The number of nitrogens with one attached hydrogen (secondary N) is 2. The molecule has 4 rings (SSSR count). The van der Waals surface area contributed by atoms with Gasteiger partial charge in [0.1, 0.15) is 11.9 Å². The summed E-state index contributed by atoms with van der Waals surface area (Å²) in [5, 5.41) is 23.4. The molecule has 2 N–H and O–H groups in total. The van der Waals surface area contributed by atoms with Crippen molar-refractivity contribution >= 4 is 28.9 Å². The van der Waals surface area contributed by atoms with E-state index in [1.165, 1.54) is 24.3 Å². The number of carbonyl (C=O) groups is 1. The molecular formula is C25H21N7O5.